The van der Waals surface area contributed by atoms with E-state index >= 15 is 0 Å². The van der Waals surface area contributed by atoms with E-state index in [0.29, 0.717) is 11.3 Å². The van der Waals surface area contributed by atoms with Gasteiger partial charge in [-0.3, -0.25) is 14.4 Å². The number of nitrogens with zero attached hydrogens (tertiary/aromatic N) is 1. The number of nitrogen functional groups attached to an aromatic ring is 1. The number of amides is 3. The predicted octanol–water partition coefficient (Wildman–Crippen LogP) is 0.112. The molecule has 3 amide bonds. The van der Waals surface area contributed by atoms with Gasteiger partial charge in [-0.15, -0.1) is 0 Å². The summed E-state index contributed by atoms with van der Waals surface area (Å²) in [5.41, 5.74) is 6.79. The van der Waals surface area contributed by atoms with Gasteiger partial charge in [0.1, 0.15) is 0 Å². The van der Waals surface area contributed by atoms with Crippen LogP contribution in [-0.2, 0) is 31.0 Å². The summed E-state index contributed by atoms with van der Waals surface area (Å²) >= 11 is 0. The number of benzene rings is 2. The van der Waals surface area contributed by atoms with Gasteiger partial charge in [0.15, 0.2) is 0 Å². The molecular formula is C17H18N4O5S. The number of nitrogens with two attached hydrogens (primary N) is 2. The first-order valence-corrected chi connectivity index (χ1v) is 9.24. The van der Waals surface area contributed by atoms with Crippen LogP contribution in [0.5, 0.6) is 0 Å². The van der Waals surface area contributed by atoms with E-state index in [0.717, 1.165) is 11.8 Å². The minimum atomic E-state index is -3.81. The van der Waals surface area contributed by atoms with E-state index in [1.165, 1.54) is 48.5 Å². The van der Waals surface area contributed by atoms with Gasteiger partial charge in [-0.1, -0.05) is 12.1 Å². The van der Waals surface area contributed by atoms with Crippen molar-refractivity contribution in [1.82, 2.24) is 5.32 Å². The minimum absolute atomic E-state index is 0.0387. The molecule has 0 aliphatic heterocycles. The van der Waals surface area contributed by atoms with Crippen molar-refractivity contribution in [2.24, 2.45) is 5.14 Å². The lowest BCUT2D eigenvalue weighted by Gasteiger charge is -2.18. The van der Waals surface area contributed by atoms with Crippen LogP contribution >= 0.6 is 0 Å². The Balaban J connectivity index is 2.08. The Morgan fingerprint density at radius 1 is 1.00 bits per heavy atom. The highest BCUT2D eigenvalue weighted by Crippen LogP contribution is 2.17. The third-order valence-corrected chi connectivity index (χ3v) is 4.50. The zero-order chi connectivity index (χ0) is 20.2. The molecule has 9 nitrogen and oxygen atoms in total. The zero-order valence-corrected chi connectivity index (χ0v) is 15.2. The molecule has 0 aromatic heterocycles. The molecule has 2 rings (SSSR count). The number of hydrogen-bond acceptors (Lipinski definition) is 6. The number of imide groups is 1. The summed E-state index contributed by atoms with van der Waals surface area (Å²) in [5.74, 6) is -2.66. The summed E-state index contributed by atoms with van der Waals surface area (Å²) in [5, 5.41) is 7.39. The monoisotopic (exact) mass is 390 g/mol. The molecule has 0 unspecified atom stereocenters. The average molecular weight is 390 g/mol. The highest BCUT2D eigenvalue weighted by Gasteiger charge is 2.26. The third kappa shape index (κ3) is 5.12. The second kappa shape index (κ2) is 7.98. The van der Waals surface area contributed by atoms with Crippen LogP contribution in [-0.4, -0.2) is 26.1 Å². The molecule has 10 heteroatoms. The first-order valence-electron chi connectivity index (χ1n) is 7.69. The molecule has 0 radical (unpaired) electrons. The van der Waals surface area contributed by atoms with Crippen molar-refractivity contribution < 1.29 is 22.8 Å². The molecule has 0 heterocycles. The number of anilines is 2. The molecule has 0 saturated heterocycles. The lowest BCUT2D eigenvalue weighted by Crippen LogP contribution is -2.45. The molecule has 5 N–H and O–H groups in total. The van der Waals surface area contributed by atoms with E-state index in [4.69, 9.17) is 10.9 Å². The maximum absolute atomic E-state index is 12.3. The molecule has 2 aromatic rings. The summed E-state index contributed by atoms with van der Waals surface area (Å²) in [4.78, 5) is 36.9. The van der Waals surface area contributed by atoms with Crippen LogP contribution < -0.4 is 21.1 Å². The maximum atomic E-state index is 12.3. The van der Waals surface area contributed by atoms with Gasteiger partial charge in [-0.05, 0) is 42.0 Å². The maximum Gasteiger partial charge on any atom is 0.323 e. The van der Waals surface area contributed by atoms with E-state index in [2.05, 4.69) is 5.32 Å². The van der Waals surface area contributed by atoms with Crippen molar-refractivity contribution in [3.05, 3.63) is 54.1 Å². The van der Waals surface area contributed by atoms with Gasteiger partial charge in [-0.2, -0.15) is 0 Å². The van der Waals surface area contributed by atoms with Crippen molar-refractivity contribution in [2.75, 3.05) is 10.6 Å². The number of carbonyl (C=O) groups is 3. The largest absolute Gasteiger partial charge is 0.399 e. The van der Waals surface area contributed by atoms with Crippen molar-refractivity contribution in [3.8, 4) is 0 Å². The summed E-state index contributed by atoms with van der Waals surface area (Å²) in [6.45, 7) is 1.12. The van der Waals surface area contributed by atoms with Crippen molar-refractivity contribution >= 4 is 39.1 Å². The Morgan fingerprint density at radius 2 is 1.56 bits per heavy atom. The topological polar surface area (TPSA) is 153 Å². The number of primary sulfonamides is 1. The Morgan fingerprint density at radius 3 is 2.04 bits per heavy atom. The van der Waals surface area contributed by atoms with Gasteiger partial charge in [0.25, 0.3) is 0 Å². The van der Waals surface area contributed by atoms with Gasteiger partial charge in [0.05, 0.1) is 10.6 Å². The number of nitrogens with one attached hydrogen (secondary N) is 1. The van der Waals surface area contributed by atoms with Crippen LogP contribution in [0.3, 0.4) is 0 Å². The SMILES string of the molecule is CC(=O)N(C(=O)C(=O)NCc1ccc(S(N)(=O)=O)cc1)c1ccc(N)cc1. The third-order valence-electron chi connectivity index (χ3n) is 3.57. The second-order valence-electron chi connectivity index (χ2n) is 5.62. The highest BCUT2D eigenvalue weighted by molar-refractivity contribution is 7.89. The van der Waals surface area contributed by atoms with E-state index in [1.54, 1.807) is 0 Å². The number of sulfonamides is 1. The predicted molar refractivity (Wildman–Crippen MR) is 98.7 cm³/mol. The number of carbonyl (C=O) groups excluding carboxylic acids is 3. The highest BCUT2D eigenvalue weighted by atomic mass is 32.2. The normalized spacial score (nSPS) is 10.9. The molecule has 27 heavy (non-hydrogen) atoms. The fourth-order valence-corrected chi connectivity index (χ4v) is 2.74. The Hall–Kier alpha value is -3.24. The molecule has 2 aromatic carbocycles. The van der Waals surface area contributed by atoms with E-state index in [-0.39, 0.29) is 17.1 Å². The Bertz CT molecular complexity index is 969. The summed E-state index contributed by atoms with van der Waals surface area (Å²) in [6.07, 6.45) is 0. The van der Waals surface area contributed by atoms with Crippen molar-refractivity contribution in [3.63, 3.8) is 0 Å². The van der Waals surface area contributed by atoms with Crippen LogP contribution in [0.2, 0.25) is 0 Å². The van der Waals surface area contributed by atoms with Crippen molar-refractivity contribution in [2.45, 2.75) is 18.4 Å². The van der Waals surface area contributed by atoms with Gasteiger partial charge in [-0.25, -0.2) is 18.5 Å². The van der Waals surface area contributed by atoms with Crippen LogP contribution in [0, 0.1) is 0 Å². The second-order valence-corrected chi connectivity index (χ2v) is 7.18. The summed E-state index contributed by atoms with van der Waals surface area (Å²) < 4.78 is 22.4. The molecule has 0 saturated carbocycles. The lowest BCUT2D eigenvalue weighted by atomic mass is 10.2. The first-order chi connectivity index (χ1) is 12.6. The average Bonchev–Trinajstić information content (AvgIpc) is 2.60. The van der Waals surface area contributed by atoms with E-state index in [1.807, 2.05) is 0 Å². The molecule has 0 spiro atoms. The number of hydrogen-bond donors (Lipinski definition) is 3. The summed E-state index contributed by atoms with van der Waals surface area (Å²) in [7, 11) is -3.81. The molecule has 0 bridgehead atoms. The van der Waals surface area contributed by atoms with Gasteiger partial charge in [0.2, 0.25) is 15.9 Å². The van der Waals surface area contributed by atoms with Gasteiger partial charge in [0, 0.05) is 19.2 Å². The Kier molecular flexibility index (Phi) is 5.93. The zero-order valence-electron chi connectivity index (χ0n) is 14.4. The first kappa shape index (κ1) is 20.1. The van der Waals surface area contributed by atoms with Crippen LogP contribution in [0.25, 0.3) is 0 Å². The molecule has 0 aliphatic rings. The van der Waals surface area contributed by atoms with Crippen LogP contribution in [0.1, 0.15) is 12.5 Å². The van der Waals surface area contributed by atoms with Crippen LogP contribution in [0.15, 0.2) is 53.4 Å². The fourth-order valence-electron chi connectivity index (χ4n) is 2.22. The van der Waals surface area contributed by atoms with E-state index in [9.17, 15) is 22.8 Å². The fraction of sp³-hybridized carbons (Fsp3) is 0.118. The molecule has 142 valence electrons. The molecule has 0 aliphatic carbocycles. The molecular weight excluding hydrogens is 372 g/mol. The lowest BCUT2D eigenvalue weighted by molar-refractivity contribution is -0.139. The quantitative estimate of drug-likeness (QED) is 0.498. The minimum Gasteiger partial charge on any atom is -0.399 e. The molecule has 0 fully saturated rings. The van der Waals surface area contributed by atoms with Crippen molar-refractivity contribution in [1.29, 1.82) is 0 Å². The smallest absolute Gasteiger partial charge is 0.323 e. The van der Waals surface area contributed by atoms with Gasteiger partial charge < -0.3 is 11.1 Å². The standard InChI is InChI=1S/C17H18N4O5S/c1-11(22)21(14-6-4-13(18)5-7-14)17(24)16(23)20-10-12-2-8-15(9-3-12)27(19,25)26/h2-9H,10,18H2,1H3,(H,20,23)(H2,19,25,26). The summed E-state index contributed by atoms with van der Waals surface area (Å²) in [6, 6.07) is 11.4. The van der Waals surface area contributed by atoms with Crippen LogP contribution in [0.4, 0.5) is 11.4 Å². The number of rotatable bonds is 4. The van der Waals surface area contributed by atoms with Gasteiger partial charge >= 0.3 is 11.8 Å². The Labute approximate surface area is 156 Å². The molecule has 0 atom stereocenters. The van der Waals surface area contributed by atoms with E-state index < -0.39 is 27.7 Å².